The van der Waals surface area contributed by atoms with Crippen LogP contribution >= 0.6 is 0 Å². The number of amides is 3. The van der Waals surface area contributed by atoms with Gasteiger partial charge in [0.05, 0.1) is 24.2 Å². The van der Waals surface area contributed by atoms with Crippen molar-refractivity contribution in [2.45, 2.75) is 38.3 Å². The van der Waals surface area contributed by atoms with Crippen LogP contribution in [0.5, 0.6) is 5.75 Å². The molecule has 2 atom stereocenters. The predicted molar refractivity (Wildman–Crippen MR) is 122 cm³/mol. The molecule has 0 spiro atoms. The first-order valence-electron chi connectivity index (χ1n) is 10.9. The SMILES string of the molecule is COc1ccc(C[C@@H](NC(=O)NC2CCCN(C(C)=O)C2)c2nc3ccccc3[nH]2)cc1. The first kappa shape index (κ1) is 21.7. The van der Waals surface area contributed by atoms with Gasteiger partial charge >= 0.3 is 6.03 Å². The molecule has 4 rings (SSSR count). The van der Waals surface area contributed by atoms with Crippen LogP contribution in [0.25, 0.3) is 11.0 Å². The molecule has 32 heavy (non-hydrogen) atoms. The first-order chi connectivity index (χ1) is 15.5. The number of hydrogen-bond donors (Lipinski definition) is 3. The summed E-state index contributed by atoms with van der Waals surface area (Å²) < 4.78 is 5.25. The Hall–Kier alpha value is -3.55. The van der Waals surface area contributed by atoms with E-state index in [4.69, 9.17) is 9.72 Å². The van der Waals surface area contributed by atoms with E-state index in [1.165, 1.54) is 0 Å². The summed E-state index contributed by atoms with van der Waals surface area (Å²) >= 11 is 0. The second-order valence-electron chi connectivity index (χ2n) is 8.17. The third-order valence-electron chi connectivity index (χ3n) is 5.84. The highest BCUT2D eigenvalue weighted by molar-refractivity contribution is 5.77. The molecule has 8 heteroatoms. The van der Waals surface area contributed by atoms with Crippen LogP contribution < -0.4 is 15.4 Å². The Morgan fingerprint density at radius 1 is 1.22 bits per heavy atom. The highest BCUT2D eigenvalue weighted by Crippen LogP contribution is 2.21. The molecule has 8 nitrogen and oxygen atoms in total. The Morgan fingerprint density at radius 3 is 2.72 bits per heavy atom. The lowest BCUT2D eigenvalue weighted by Crippen LogP contribution is -2.52. The fraction of sp³-hybridized carbons (Fsp3) is 0.375. The second kappa shape index (κ2) is 9.72. The summed E-state index contributed by atoms with van der Waals surface area (Å²) in [6.45, 7) is 2.85. The molecule has 3 amide bonds. The molecule has 0 saturated carbocycles. The van der Waals surface area contributed by atoms with Crippen LogP contribution in [0.3, 0.4) is 0 Å². The Kier molecular flexibility index (Phi) is 6.58. The lowest BCUT2D eigenvalue weighted by atomic mass is 10.0. The number of benzene rings is 2. The molecule has 1 saturated heterocycles. The van der Waals surface area contributed by atoms with Gasteiger partial charge in [-0.25, -0.2) is 9.78 Å². The summed E-state index contributed by atoms with van der Waals surface area (Å²) in [5.74, 6) is 1.52. The van der Waals surface area contributed by atoms with E-state index >= 15 is 0 Å². The molecule has 1 aliphatic rings. The zero-order valence-corrected chi connectivity index (χ0v) is 18.4. The maximum Gasteiger partial charge on any atom is 0.315 e. The molecule has 0 radical (unpaired) electrons. The van der Waals surface area contributed by atoms with Crippen molar-refractivity contribution in [2.24, 2.45) is 0 Å². The number of hydrogen-bond acceptors (Lipinski definition) is 4. The maximum absolute atomic E-state index is 12.9. The summed E-state index contributed by atoms with van der Waals surface area (Å²) in [7, 11) is 1.64. The first-order valence-corrected chi connectivity index (χ1v) is 10.9. The van der Waals surface area contributed by atoms with Crippen LogP contribution in [0, 0.1) is 0 Å². The van der Waals surface area contributed by atoms with Gasteiger partial charge in [0.2, 0.25) is 5.91 Å². The smallest absolute Gasteiger partial charge is 0.315 e. The van der Waals surface area contributed by atoms with Crippen molar-refractivity contribution in [3.63, 3.8) is 0 Å². The third kappa shape index (κ3) is 5.19. The maximum atomic E-state index is 12.9. The topological polar surface area (TPSA) is 99.3 Å². The molecule has 1 aliphatic heterocycles. The number of methoxy groups -OCH3 is 1. The van der Waals surface area contributed by atoms with E-state index in [1.807, 2.05) is 48.5 Å². The summed E-state index contributed by atoms with van der Waals surface area (Å²) in [6.07, 6.45) is 2.30. The van der Waals surface area contributed by atoms with Gasteiger partial charge in [-0.2, -0.15) is 0 Å². The summed E-state index contributed by atoms with van der Waals surface area (Å²) in [6, 6.07) is 14.9. The van der Waals surface area contributed by atoms with Crippen molar-refractivity contribution in [3.05, 3.63) is 59.9 Å². The minimum atomic E-state index is -0.344. The number of aromatic amines is 1. The molecule has 0 aliphatic carbocycles. The van der Waals surface area contributed by atoms with Gasteiger partial charge in [-0.15, -0.1) is 0 Å². The van der Waals surface area contributed by atoms with E-state index in [0.29, 0.717) is 18.8 Å². The highest BCUT2D eigenvalue weighted by atomic mass is 16.5. The number of ether oxygens (including phenoxy) is 1. The molecule has 1 unspecified atom stereocenters. The van der Waals surface area contributed by atoms with Gasteiger partial charge in [0.25, 0.3) is 0 Å². The van der Waals surface area contributed by atoms with Gasteiger partial charge in [0, 0.05) is 26.1 Å². The van der Waals surface area contributed by atoms with Gasteiger partial charge in [0.1, 0.15) is 11.6 Å². The molecular formula is C24H29N5O3. The number of carbonyl (C=O) groups is 2. The minimum absolute atomic E-state index is 0.0385. The van der Waals surface area contributed by atoms with E-state index < -0.39 is 0 Å². The lowest BCUT2D eigenvalue weighted by molar-refractivity contribution is -0.130. The molecule has 3 N–H and O–H groups in total. The van der Waals surface area contributed by atoms with Gasteiger partial charge < -0.3 is 25.3 Å². The monoisotopic (exact) mass is 435 g/mol. The molecule has 1 fully saturated rings. The number of rotatable bonds is 6. The van der Waals surface area contributed by atoms with Crippen LogP contribution in [0.2, 0.25) is 0 Å². The van der Waals surface area contributed by atoms with E-state index in [2.05, 4.69) is 15.6 Å². The normalized spacial score (nSPS) is 17.1. The largest absolute Gasteiger partial charge is 0.497 e. The second-order valence-corrected chi connectivity index (χ2v) is 8.17. The van der Waals surface area contributed by atoms with Crippen LogP contribution in [-0.2, 0) is 11.2 Å². The molecular weight excluding hydrogens is 406 g/mol. The van der Waals surface area contributed by atoms with Crippen molar-refractivity contribution in [1.82, 2.24) is 25.5 Å². The number of fused-ring (bicyclic) bond motifs is 1. The van der Waals surface area contributed by atoms with Crippen LogP contribution in [0.15, 0.2) is 48.5 Å². The Bertz CT molecular complexity index is 1050. The molecule has 168 valence electrons. The highest BCUT2D eigenvalue weighted by Gasteiger charge is 2.25. The van der Waals surface area contributed by atoms with E-state index in [9.17, 15) is 9.59 Å². The number of carbonyl (C=O) groups excluding carboxylic acids is 2. The average Bonchev–Trinajstić information content (AvgIpc) is 3.23. The van der Waals surface area contributed by atoms with Crippen molar-refractivity contribution in [1.29, 1.82) is 0 Å². The number of H-pyrrole nitrogens is 1. The minimum Gasteiger partial charge on any atom is -0.497 e. The van der Waals surface area contributed by atoms with Gasteiger partial charge in [-0.05, 0) is 49.1 Å². The van der Waals surface area contributed by atoms with Crippen molar-refractivity contribution < 1.29 is 14.3 Å². The zero-order chi connectivity index (χ0) is 22.5. The number of likely N-dealkylation sites (tertiary alicyclic amines) is 1. The number of para-hydroxylation sites is 2. The number of nitrogens with zero attached hydrogens (tertiary/aromatic N) is 2. The fourth-order valence-electron chi connectivity index (χ4n) is 4.12. The molecule has 1 aromatic heterocycles. The fourth-order valence-corrected chi connectivity index (χ4v) is 4.12. The number of urea groups is 1. The van der Waals surface area contributed by atoms with Crippen LogP contribution in [0.1, 0.15) is 37.2 Å². The Labute approximate surface area is 187 Å². The molecule has 2 aromatic carbocycles. The summed E-state index contributed by atoms with van der Waals surface area (Å²) in [4.78, 5) is 34.4. The molecule has 2 heterocycles. The number of nitrogens with one attached hydrogen (secondary N) is 3. The number of imidazole rings is 1. The van der Waals surface area contributed by atoms with Crippen molar-refractivity contribution in [2.75, 3.05) is 20.2 Å². The summed E-state index contributed by atoms with van der Waals surface area (Å²) in [5, 5.41) is 6.12. The van der Waals surface area contributed by atoms with E-state index in [-0.39, 0.29) is 24.0 Å². The standard InChI is InChI=1S/C24H29N5O3/c1-16(30)29-13-5-6-18(15-29)25-24(31)28-22(14-17-9-11-19(32-2)12-10-17)23-26-20-7-3-4-8-21(20)27-23/h3-4,7-12,18,22H,5-6,13-15H2,1-2H3,(H,26,27)(H2,25,28,31)/t18?,22-/m1/s1. The van der Waals surface area contributed by atoms with Crippen LogP contribution in [-0.4, -0.2) is 53.0 Å². The molecule has 0 bridgehead atoms. The third-order valence-corrected chi connectivity index (χ3v) is 5.84. The lowest BCUT2D eigenvalue weighted by Gasteiger charge is -2.32. The van der Waals surface area contributed by atoms with E-state index in [1.54, 1.807) is 18.9 Å². The Morgan fingerprint density at radius 2 is 2.00 bits per heavy atom. The van der Waals surface area contributed by atoms with Gasteiger partial charge in [-0.1, -0.05) is 24.3 Å². The van der Waals surface area contributed by atoms with Gasteiger partial charge in [-0.3, -0.25) is 4.79 Å². The van der Waals surface area contributed by atoms with E-state index in [0.717, 1.165) is 41.7 Å². The quantitative estimate of drug-likeness (QED) is 0.554. The number of piperidine rings is 1. The average molecular weight is 436 g/mol. The van der Waals surface area contributed by atoms with Crippen molar-refractivity contribution >= 4 is 23.0 Å². The predicted octanol–water partition coefficient (Wildman–Crippen LogP) is 3.17. The number of aromatic nitrogens is 2. The Balaban J connectivity index is 1.50. The van der Waals surface area contributed by atoms with Crippen molar-refractivity contribution in [3.8, 4) is 5.75 Å². The van der Waals surface area contributed by atoms with Gasteiger partial charge in [0.15, 0.2) is 0 Å². The molecule has 3 aromatic rings. The summed E-state index contributed by atoms with van der Waals surface area (Å²) in [5.41, 5.74) is 2.83. The van der Waals surface area contributed by atoms with Crippen LogP contribution in [0.4, 0.5) is 4.79 Å². The zero-order valence-electron chi connectivity index (χ0n) is 18.4.